The minimum absolute atomic E-state index is 0.149. The van der Waals surface area contributed by atoms with Gasteiger partial charge in [-0.3, -0.25) is 0 Å². The molecule has 0 fully saturated rings. The lowest BCUT2D eigenvalue weighted by Crippen LogP contribution is -2.15. The molecule has 0 amide bonds. The van der Waals surface area contributed by atoms with Crippen LogP contribution >= 0.6 is 0 Å². The molecule has 0 radical (unpaired) electrons. The number of carbonyl (C=O) groups excluding carboxylic acids is 1. The Bertz CT molecular complexity index is 748. The van der Waals surface area contributed by atoms with Crippen molar-refractivity contribution in [2.24, 2.45) is 0 Å². The number of sulfone groups is 1. The molecule has 1 aromatic carbocycles. The first kappa shape index (κ1) is 16.3. The molecule has 2 rings (SSSR count). The zero-order chi connectivity index (χ0) is 16.2. The Morgan fingerprint density at radius 2 is 1.77 bits per heavy atom. The standard InChI is InChI=1S/C16H19NO4S/c1-3-17-13(10-11-15(17)16(18)21-4-2)12-22(19,20)14-8-6-5-7-9-14/h5-11H,3-4,12H2,1-2H3. The van der Waals surface area contributed by atoms with E-state index in [2.05, 4.69) is 0 Å². The van der Waals surface area contributed by atoms with Gasteiger partial charge in [0.15, 0.2) is 9.84 Å². The lowest BCUT2D eigenvalue weighted by molar-refractivity contribution is 0.0513. The molecule has 0 bridgehead atoms. The number of hydrogen-bond donors (Lipinski definition) is 0. The maximum Gasteiger partial charge on any atom is 0.354 e. The van der Waals surface area contributed by atoms with Gasteiger partial charge in [-0.1, -0.05) is 18.2 Å². The molecule has 0 saturated heterocycles. The summed E-state index contributed by atoms with van der Waals surface area (Å²) >= 11 is 0. The number of esters is 1. The van der Waals surface area contributed by atoms with Crippen molar-refractivity contribution < 1.29 is 17.9 Å². The van der Waals surface area contributed by atoms with E-state index in [-0.39, 0.29) is 17.3 Å². The average Bonchev–Trinajstić information content (AvgIpc) is 2.90. The number of benzene rings is 1. The van der Waals surface area contributed by atoms with E-state index >= 15 is 0 Å². The zero-order valence-electron chi connectivity index (χ0n) is 12.7. The van der Waals surface area contributed by atoms with Crippen LogP contribution in [0, 0.1) is 0 Å². The number of nitrogens with zero attached hydrogens (tertiary/aromatic N) is 1. The third-order valence-corrected chi connectivity index (χ3v) is 4.98. The van der Waals surface area contributed by atoms with E-state index in [1.165, 1.54) is 0 Å². The molecule has 0 aliphatic rings. The maximum atomic E-state index is 12.4. The molecule has 0 aliphatic carbocycles. The fraction of sp³-hybridized carbons (Fsp3) is 0.312. The normalized spacial score (nSPS) is 11.4. The van der Waals surface area contributed by atoms with E-state index in [9.17, 15) is 13.2 Å². The monoisotopic (exact) mass is 321 g/mol. The minimum atomic E-state index is -3.44. The summed E-state index contributed by atoms with van der Waals surface area (Å²) in [6.07, 6.45) is 0. The Labute approximate surface area is 130 Å². The highest BCUT2D eigenvalue weighted by Crippen LogP contribution is 2.19. The van der Waals surface area contributed by atoms with Crippen LogP contribution in [0.4, 0.5) is 0 Å². The molecule has 5 nitrogen and oxygen atoms in total. The molecule has 22 heavy (non-hydrogen) atoms. The van der Waals surface area contributed by atoms with E-state index in [0.29, 0.717) is 17.9 Å². The molecule has 0 saturated carbocycles. The van der Waals surface area contributed by atoms with Gasteiger partial charge in [0, 0.05) is 12.2 Å². The van der Waals surface area contributed by atoms with Crippen LogP contribution in [-0.2, 0) is 26.9 Å². The van der Waals surface area contributed by atoms with Crippen molar-refractivity contribution in [1.82, 2.24) is 4.57 Å². The Balaban J connectivity index is 2.33. The predicted molar refractivity (Wildman–Crippen MR) is 83.4 cm³/mol. The van der Waals surface area contributed by atoms with Gasteiger partial charge in [0.25, 0.3) is 0 Å². The second-order valence-corrected chi connectivity index (χ2v) is 6.74. The Hall–Kier alpha value is -2.08. The van der Waals surface area contributed by atoms with Gasteiger partial charge in [0.2, 0.25) is 0 Å². The van der Waals surface area contributed by atoms with Crippen LogP contribution in [0.1, 0.15) is 30.0 Å². The van der Waals surface area contributed by atoms with Gasteiger partial charge in [-0.15, -0.1) is 0 Å². The van der Waals surface area contributed by atoms with Gasteiger partial charge < -0.3 is 9.30 Å². The molecule has 0 aliphatic heterocycles. The summed E-state index contributed by atoms with van der Waals surface area (Å²) in [6, 6.07) is 11.6. The van der Waals surface area contributed by atoms with Crippen LogP contribution in [0.5, 0.6) is 0 Å². The van der Waals surface area contributed by atoms with Crippen LogP contribution in [-0.4, -0.2) is 25.6 Å². The first-order valence-electron chi connectivity index (χ1n) is 7.13. The second kappa shape index (κ2) is 6.79. The molecule has 2 aromatic rings. The molecule has 0 spiro atoms. The quantitative estimate of drug-likeness (QED) is 0.767. The number of aromatic nitrogens is 1. The van der Waals surface area contributed by atoms with Gasteiger partial charge in [-0.05, 0) is 38.1 Å². The third-order valence-electron chi connectivity index (χ3n) is 3.31. The molecular weight excluding hydrogens is 302 g/mol. The van der Waals surface area contributed by atoms with Crippen molar-refractivity contribution in [3.05, 3.63) is 53.9 Å². The highest BCUT2D eigenvalue weighted by atomic mass is 32.2. The Morgan fingerprint density at radius 1 is 1.09 bits per heavy atom. The van der Waals surface area contributed by atoms with Crippen LogP contribution in [0.2, 0.25) is 0 Å². The third kappa shape index (κ3) is 3.39. The summed E-state index contributed by atoms with van der Waals surface area (Å²) in [5.74, 6) is -0.586. The zero-order valence-corrected chi connectivity index (χ0v) is 13.5. The minimum Gasteiger partial charge on any atom is -0.461 e. The lowest BCUT2D eigenvalue weighted by Gasteiger charge is -2.11. The van der Waals surface area contributed by atoms with Crippen LogP contribution in [0.25, 0.3) is 0 Å². The number of ether oxygens (including phenoxy) is 1. The van der Waals surface area contributed by atoms with Crippen molar-refractivity contribution >= 4 is 15.8 Å². The summed E-state index contributed by atoms with van der Waals surface area (Å²) in [7, 11) is -3.44. The molecule has 0 unspecified atom stereocenters. The first-order chi connectivity index (χ1) is 10.5. The number of carbonyl (C=O) groups is 1. The summed E-state index contributed by atoms with van der Waals surface area (Å²) in [5.41, 5.74) is 0.956. The fourth-order valence-corrected chi connectivity index (χ4v) is 3.68. The largest absolute Gasteiger partial charge is 0.461 e. The fourth-order valence-electron chi connectivity index (χ4n) is 2.30. The SMILES string of the molecule is CCOC(=O)c1ccc(CS(=O)(=O)c2ccccc2)n1CC. The molecule has 6 heteroatoms. The highest BCUT2D eigenvalue weighted by Gasteiger charge is 2.21. The van der Waals surface area contributed by atoms with E-state index in [0.717, 1.165) is 0 Å². The summed E-state index contributed by atoms with van der Waals surface area (Å²) in [5, 5.41) is 0. The summed E-state index contributed by atoms with van der Waals surface area (Å²) < 4.78 is 31.6. The van der Waals surface area contributed by atoms with Crippen LogP contribution < -0.4 is 0 Å². The number of rotatable bonds is 6. The molecule has 0 N–H and O–H groups in total. The number of hydrogen-bond acceptors (Lipinski definition) is 4. The summed E-state index contributed by atoms with van der Waals surface area (Å²) in [6.45, 7) is 4.38. The van der Waals surface area contributed by atoms with Crippen molar-refractivity contribution in [3.8, 4) is 0 Å². The van der Waals surface area contributed by atoms with Gasteiger partial charge in [0.05, 0.1) is 17.3 Å². The highest BCUT2D eigenvalue weighted by molar-refractivity contribution is 7.90. The average molecular weight is 321 g/mol. The maximum absolute atomic E-state index is 12.4. The van der Waals surface area contributed by atoms with Crippen molar-refractivity contribution in [2.75, 3.05) is 6.61 Å². The predicted octanol–water partition coefficient (Wildman–Crippen LogP) is 2.66. The molecule has 118 valence electrons. The van der Waals surface area contributed by atoms with Crippen molar-refractivity contribution in [1.29, 1.82) is 0 Å². The second-order valence-electron chi connectivity index (χ2n) is 4.75. The molecule has 1 heterocycles. The first-order valence-corrected chi connectivity index (χ1v) is 8.78. The molecule has 1 aromatic heterocycles. The van der Waals surface area contributed by atoms with Crippen molar-refractivity contribution in [3.63, 3.8) is 0 Å². The van der Waals surface area contributed by atoms with Gasteiger partial charge >= 0.3 is 5.97 Å². The van der Waals surface area contributed by atoms with E-state index in [4.69, 9.17) is 4.74 Å². The van der Waals surface area contributed by atoms with Crippen LogP contribution in [0.15, 0.2) is 47.4 Å². The lowest BCUT2D eigenvalue weighted by atomic mass is 10.4. The molecular formula is C16H19NO4S. The summed E-state index contributed by atoms with van der Waals surface area (Å²) in [4.78, 5) is 12.2. The van der Waals surface area contributed by atoms with Crippen molar-refractivity contribution in [2.45, 2.75) is 31.0 Å². The van der Waals surface area contributed by atoms with Crippen LogP contribution in [0.3, 0.4) is 0 Å². The van der Waals surface area contributed by atoms with Gasteiger partial charge in [-0.25, -0.2) is 13.2 Å². The van der Waals surface area contributed by atoms with Gasteiger partial charge in [-0.2, -0.15) is 0 Å². The van der Waals surface area contributed by atoms with Gasteiger partial charge in [0.1, 0.15) is 5.69 Å². The topological polar surface area (TPSA) is 65.4 Å². The van der Waals surface area contributed by atoms with E-state index in [1.807, 2.05) is 6.92 Å². The van der Waals surface area contributed by atoms with E-state index in [1.54, 1.807) is 54.0 Å². The smallest absolute Gasteiger partial charge is 0.354 e. The molecule has 0 atom stereocenters. The Kier molecular flexibility index (Phi) is 5.03. The Morgan fingerprint density at radius 3 is 2.36 bits per heavy atom. The van der Waals surface area contributed by atoms with E-state index < -0.39 is 15.8 Å².